The summed E-state index contributed by atoms with van der Waals surface area (Å²) in [5.74, 6) is 0.256. The Hall–Kier alpha value is -1.42. The first-order valence-corrected chi connectivity index (χ1v) is 7.05. The molecule has 0 radical (unpaired) electrons. The molecule has 1 aliphatic rings. The van der Waals surface area contributed by atoms with E-state index in [-0.39, 0.29) is 11.8 Å². The zero-order valence-electron chi connectivity index (χ0n) is 11.5. The number of piperidine rings is 1. The molecule has 19 heavy (non-hydrogen) atoms. The predicted molar refractivity (Wildman–Crippen MR) is 81.3 cm³/mol. The van der Waals surface area contributed by atoms with Gasteiger partial charge in [0.25, 0.3) is 5.91 Å². The molecule has 1 fully saturated rings. The molecule has 0 spiro atoms. The topological polar surface area (TPSA) is 46.3 Å². The second kappa shape index (κ2) is 5.70. The van der Waals surface area contributed by atoms with E-state index in [9.17, 15) is 4.79 Å². The van der Waals surface area contributed by atoms with Gasteiger partial charge in [-0.15, -0.1) is 0 Å². The fraction of sp³-hybridized carbons (Fsp3) is 0.467. The van der Waals surface area contributed by atoms with E-state index in [0.29, 0.717) is 11.5 Å². The third-order valence-corrected chi connectivity index (χ3v) is 3.91. The molecule has 0 aliphatic carbocycles. The van der Waals surface area contributed by atoms with Crippen LogP contribution >= 0.6 is 12.2 Å². The summed E-state index contributed by atoms with van der Waals surface area (Å²) < 4.78 is 0. The summed E-state index contributed by atoms with van der Waals surface area (Å²) in [6.45, 7) is 5.47. The zero-order valence-corrected chi connectivity index (χ0v) is 12.3. The summed E-state index contributed by atoms with van der Waals surface area (Å²) in [5.41, 5.74) is 8.71. The first-order chi connectivity index (χ1) is 8.97. The molecule has 1 saturated heterocycles. The summed E-state index contributed by atoms with van der Waals surface area (Å²) >= 11 is 5.05. The molecule has 3 nitrogen and oxygen atoms in total. The van der Waals surface area contributed by atoms with Gasteiger partial charge in [-0.1, -0.05) is 29.4 Å². The van der Waals surface area contributed by atoms with Gasteiger partial charge >= 0.3 is 0 Å². The van der Waals surface area contributed by atoms with Crippen molar-refractivity contribution < 1.29 is 4.79 Å². The molecule has 2 rings (SSSR count). The van der Waals surface area contributed by atoms with Crippen molar-refractivity contribution in [3.8, 4) is 0 Å². The second-order valence-electron chi connectivity index (χ2n) is 5.37. The Balaban J connectivity index is 2.16. The van der Waals surface area contributed by atoms with E-state index in [0.717, 1.165) is 36.1 Å². The number of nitrogens with zero attached hydrogens (tertiary/aromatic N) is 1. The molecular weight excluding hydrogens is 256 g/mol. The van der Waals surface area contributed by atoms with Crippen LogP contribution in [0.2, 0.25) is 0 Å². The number of thiocarbonyl (C=S) groups is 1. The van der Waals surface area contributed by atoms with Crippen molar-refractivity contribution in [2.75, 3.05) is 13.1 Å². The van der Waals surface area contributed by atoms with Gasteiger partial charge in [0.05, 0.1) is 4.99 Å². The predicted octanol–water partition coefficient (Wildman–Crippen LogP) is 2.44. The molecule has 1 amide bonds. The lowest BCUT2D eigenvalue weighted by Crippen LogP contribution is -2.43. The summed E-state index contributed by atoms with van der Waals surface area (Å²) in [5, 5.41) is 0. The number of amides is 1. The van der Waals surface area contributed by atoms with Crippen LogP contribution in [0, 0.1) is 19.8 Å². The van der Waals surface area contributed by atoms with Gasteiger partial charge in [-0.05, 0) is 38.8 Å². The average Bonchev–Trinajstić information content (AvgIpc) is 2.37. The van der Waals surface area contributed by atoms with Crippen LogP contribution in [0.3, 0.4) is 0 Å². The van der Waals surface area contributed by atoms with E-state index in [1.54, 1.807) is 0 Å². The van der Waals surface area contributed by atoms with Gasteiger partial charge in [-0.25, -0.2) is 0 Å². The van der Waals surface area contributed by atoms with Crippen LogP contribution in [-0.2, 0) is 0 Å². The van der Waals surface area contributed by atoms with Gasteiger partial charge in [0.15, 0.2) is 0 Å². The molecule has 1 unspecified atom stereocenters. The number of likely N-dealkylation sites (tertiary alicyclic amines) is 1. The molecule has 4 heteroatoms. The number of nitrogens with two attached hydrogens (primary N) is 1. The van der Waals surface area contributed by atoms with E-state index in [1.807, 2.05) is 30.9 Å². The minimum atomic E-state index is 0.0905. The number of hydrogen-bond acceptors (Lipinski definition) is 2. The maximum Gasteiger partial charge on any atom is 0.253 e. The van der Waals surface area contributed by atoms with Crippen LogP contribution in [0.5, 0.6) is 0 Å². The first-order valence-electron chi connectivity index (χ1n) is 6.64. The largest absolute Gasteiger partial charge is 0.393 e. The Morgan fingerprint density at radius 3 is 2.53 bits per heavy atom. The van der Waals surface area contributed by atoms with Gasteiger partial charge in [-0.2, -0.15) is 0 Å². The highest BCUT2D eigenvalue weighted by molar-refractivity contribution is 7.80. The third kappa shape index (κ3) is 3.32. The minimum Gasteiger partial charge on any atom is -0.393 e. The highest BCUT2D eigenvalue weighted by Crippen LogP contribution is 2.20. The lowest BCUT2D eigenvalue weighted by molar-refractivity contribution is 0.0703. The Bertz CT molecular complexity index is 493. The van der Waals surface area contributed by atoms with Gasteiger partial charge in [0, 0.05) is 24.6 Å². The van der Waals surface area contributed by atoms with Crippen LogP contribution < -0.4 is 5.73 Å². The van der Waals surface area contributed by atoms with E-state index < -0.39 is 0 Å². The Labute approximate surface area is 119 Å². The second-order valence-corrected chi connectivity index (χ2v) is 5.84. The minimum absolute atomic E-state index is 0.0905. The van der Waals surface area contributed by atoms with E-state index in [1.165, 1.54) is 0 Å². The normalized spacial score (nSPS) is 19.3. The highest BCUT2D eigenvalue weighted by Gasteiger charge is 2.26. The van der Waals surface area contributed by atoms with Crippen LogP contribution in [0.4, 0.5) is 0 Å². The van der Waals surface area contributed by atoms with Crippen LogP contribution in [-0.4, -0.2) is 28.9 Å². The molecule has 1 aliphatic heterocycles. The van der Waals surface area contributed by atoms with Crippen LogP contribution in [0.1, 0.15) is 34.3 Å². The highest BCUT2D eigenvalue weighted by atomic mass is 32.1. The lowest BCUT2D eigenvalue weighted by atomic mass is 9.97. The van der Waals surface area contributed by atoms with Crippen molar-refractivity contribution >= 4 is 23.1 Å². The lowest BCUT2D eigenvalue weighted by Gasteiger charge is -2.32. The van der Waals surface area contributed by atoms with Gasteiger partial charge < -0.3 is 10.6 Å². The van der Waals surface area contributed by atoms with Crippen molar-refractivity contribution in [2.45, 2.75) is 26.7 Å². The quantitative estimate of drug-likeness (QED) is 0.844. The van der Waals surface area contributed by atoms with Gasteiger partial charge in [-0.3, -0.25) is 4.79 Å². The summed E-state index contributed by atoms with van der Waals surface area (Å²) in [6.07, 6.45) is 1.96. The SMILES string of the molecule is Cc1cc(C)cc(C(=O)N2CCCC(C(N)=S)C2)c1. The van der Waals surface area contributed by atoms with E-state index in [2.05, 4.69) is 6.07 Å². The third-order valence-electron chi connectivity index (χ3n) is 3.58. The molecule has 0 aromatic heterocycles. The van der Waals surface area contributed by atoms with Crippen molar-refractivity contribution in [1.29, 1.82) is 0 Å². The monoisotopic (exact) mass is 276 g/mol. The molecule has 1 atom stereocenters. The van der Waals surface area contributed by atoms with Gasteiger partial charge in [0.1, 0.15) is 0 Å². The Morgan fingerprint density at radius 2 is 1.95 bits per heavy atom. The molecule has 1 aromatic rings. The molecule has 1 aromatic carbocycles. The average molecular weight is 276 g/mol. The van der Waals surface area contributed by atoms with Crippen LogP contribution in [0.15, 0.2) is 18.2 Å². The number of carbonyl (C=O) groups is 1. The van der Waals surface area contributed by atoms with Crippen LogP contribution in [0.25, 0.3) is 0 Å². The summed E-state index contributed by atoms with van der Waals surface area (Å²) in [7, 11) is 0. The molecule has 102 valence electrons. The molecular formula is C15H20N2OS. The Kier molecular flexibility index (Phi) is 4.20. The fourth-order valence-corrected chi connectivity index (χ4v) is 2.87. The van der Waals surface area contributed by atoms with Gasteiger partial charge in [0.2, 0.25) is 0 Å². The first kappa shape index (κ1) is 14.0. The molecule has 0 saturated carbocycles. The number of benzene rings is 1. The van der Waals surface area contributed by atoms with Crippen molar-refractivity contribution in [3.63, 3.8) is 0 Å². The molecule has 0 bridgehead atoms. The maximum absolute atomic E-state index is 12.5. The smallest absolute Gasteiger partial charge is 0.253 e. The number of rotatable bonds is 2. The summed E-state index contributed by atoms with van der Waals surface area (Å²) in [6, 6.07) is 5.96. The number of hydrogen-bond donors (Lipinski definition) is 1. The maximum atomic E-state index is 12.5. The van der Waals surface area contributed by atoms with Crippen molar-refractivity contribution in [2.24, 2.45) is 11.7 Å². The van der Waals surface area contributed by atoms with Crippen molar-refractivity contribution in [3.05, 3.63) is 34.9 Å². The standard InChI is InChI=1S/C15H20N2OS/c1-10-6-11(2)8-13(7-10)15(18)17-5-3-4-12(9-17)14(16)19/h6-8,12H,3-5,9H2,1-2H3,(H2,16,19). The van der Waals surface area contributed by atoms with E-state index >= 15 is 0 Å². The molecule has 1 heterocycles. The molecule has 2 N–H and O–H groups in total. The number of aryl methyl sites for hydroxylation is 2. The number of carbonyl (C=O) groups excluding carboxylic acids is 1. The Morgan fingerprint density at radius 1 is 1.32 bits per heavy atom. The fourth-order valence-electron chi connectivity index (χ4n) is 2.67. The summed E-state index contributed by atoms with van der Waals surface area (Å²) in [4.78, 5) is 14.9. The van der Waals surface area contributed by atoms with E-state index in [4.69, 9.17) is 18.0 Å². The van der Waals surface area contributed by atoms with Crippen molar-refractivity contribution in [1.82, 2.24) is 4.90 Å². The zero-order chi connectivity index (χ0) is 14.0.